The number of rotatable bonds is 8. The topological polar surface area (TPSA) is 91.8 Å². The Hall–Kier alpha value is -4.22. The van der Waals surface area contributed by atoms with Crippen molar-refractivity contribution in [2.24, 2.45) is 0 Å². The number of nitrogens with one attached hydrogen (secondary N) is 2. The van der Waals surface area contributed by atoms with Crippen molar-refractivity contribution in [2.45, 2.75) is 0 Å². The predicted octanol–water partition coefficient (Wildman–Crippen LogP) is 5.25. The average Bonchev–Trinajstić information content (AvgIpc) is 3.39. The number of hydrogen-bond acceptors (Lipinski definition) is 9. The van der Waals surface area contributed by atoms with Crippen LogP contribution in [0.25, 0.3) is 10.2 Å². The van der Waals surface area contributed by atoms with Crippen LogP contribution < -0.4 is 25.0 Å². The summed E-state index contributed by atoms with van der Waals surface area (Å²) in [4.78, 5) is 25.0. The fourth-order valence-corrected chi connectivity index (χ4v) is 4.92. The van der Waals surface area contributed by atoms with Gasteiger partial charge in [0, 0.05) is 37.9 Å². The van der Waals surface area contributed by atoms with Gasteiger partial charge < -0.3 is 29.9 Å². The lowest BCUT2D eigenvalue weighted by atomic mass is 10.2. The fourth-order valence-electron chi connectivity index (χ4n) is 4.16. The van der Waals surface area contributed by atoms with Crippen LogP contribution in [0.1, 0.15) is 0 Å². The highest BCUT2D eigenvalue weighted by Crippen LogP contribution is 2.38. The van der Waals surface area contributed by atoms with E-state index in [0.717, 1.165) is 30.9 Å². The van der Waals surface area contributed by atoms with Crippen molar-refractivity contribution >= 4 is 50.5 Å². The molecule has 0 bridgehead atoms. The molecule has 0 spiro atoms. The van der Waals surface area contributed by atoms with E-state index in [4.69, 9.17) is 9.47 Å². The zero-order valence-electron chi connectivity index (χ0n) is 21.0. The molecule has 0 atom stereocenters. The number of aromatic nitrogens is 2. The maximum absolute atomic E-state index is 15.5. The van der Waals surface area contributed by atoms with E-state index in [1.54, 1.807) is 36.4 Å². The molecule has 1 amide bonds. The van der Waals surface area contributed by atoms with Crippen molar-refractivity contribution in [1.29, 1.82) is 0 Å². The minimum atomic E-state index is -0.437. The number of fused-ring (bicyclic) bond motifs is 1. The van der Waals surface area contributed by atoms with E-state index < -0.39 is 5.82 Å². The molecule has 2 N–H and O–H groups in total. The maximum atomic E-state index is 15.5. The van der Waals surface area contributed by atoms with Crippen LogP contribution in [0.4, 0.5) is 27.4 Å². The van der Waals surface area contributed by atoms with Crippen molar-refractivity contribution in [3.05, 3.63) is 66.3 Å². The molecule has 9 nitrogen and oxygen atoms in total. The van der Waals surface area contributed by atoms with Gasteiger partial charge in [0.25, 0.3) is 0 Å². The van der Waals surface area contributed by atoms with E-state index in [1.807, 2.05) is 16.3 Å². The molecule has 3 heterocycles. The van der Waals surface area contributed by atoms with Crippen molar-refractivity contribution in [1.82, 2.24) is 14.9 Å². The van der Waals surface area contributed by atoms with Gasteiger partial charge in [0.05, 0.1) is 24.0 Å². The van der Waals surface area contributed by atoms with Gasteiger partial charge >= 0.3 is 0 Å². The van der Waals surface area contributed by atoms with Crippen LogP contribution in [-0.2, 0) is 4.79 Å². The first-order valence-electron chi connectivity index (χ1n) is 12.0. The highest BCUT2D eigenvalue weighted by Gasteiger charge is 2.22. The van der Waals surface area contributed by atoms with Gasteiger partial charge in [0.2, 0.25) is 17.7 Å². The molecule has 4 aromatic rings. The average molecular weight is 535 g/mol. The zero-order chi connectivity index (χ0) is 26.6. The Bertz CT molecular complexity index is 1490. The minimum Gasteiger partial charge on any atom is -0.492 e. The van der Waals surface area contributed by atoms with Gasteiger partial charge in [-0.1, -0.05) is 12.6 Å². The monoisotopic (exact) mass is 534 g/mol. The standard InChI is InChI=1S/C27H27FN6O3S/c1-4-22(35)29-17-6-5-7-18(16-17)37-26-25-20(10-15-38-25)31-27(32-26)30-19-8-9-21(23(28)24(19)36-3)34-13-11-33(2)12-14-34/h4-10,15-16H,1,11-14H2,2-3H3,(H,29,35)(H,30,31,32). The summed E-state index contributed by atoms with van der Waals surface area (Å²) in [6.45, 7) is 6.67. The number of ether oxygens (including phenoxy) is 2. The Labute approximate surface area is 223 Å². The van der Waals surface area contributed by atoms with Gasteiger partial charge in [-0.3, -0.25) is 4.79 Å². The number of anilines is 4. The summed E-state index contributed by atoms with van der Waals surface area (Å²) < 4.78 is 27.8. The largest absolute Gasteiger partial charge is 0.492 e. The van der Waals surface area contributed by atoms with Crippen molar-refractivity contribution in [3.8, 4) is 17.4 Å². The van der Waals surface area contributed by atoms with Crippen molar-refractivity contribution in [2.75, 3.05) is 55.9 Å². The van der Waals surface area contributed by atoms with Crippen LogP contribution in [0.3, 0.4) is 0 Å². The lowest BCUT2D eigenvalue weighted by molar-refractivity contribution is -0.111. The summed E-state index contributed by atoms with van der Waals surface area (Å²) in [6.07, 6.45) is 1.19. The Morgan fingerprint density at radius 3 is 2.74 bits per heavy atom. The number of nitrogens with zero attached hydrogens (tertiary/aromatic N) is 4. The van der Waals surface area contributed by atoms with Gasteiger partial charge in [0.15, 0.2) is 11.6 Å². The van der Waals surface area contributed by atoms with Crippen LogP contribution in [-0.4, -0.2) is 61.1 Å². The molecule has 5 rings (SSSR count). The third-order valence-electron chi connectivity index (χ3n) is 6.15. The van der Waals surface area contributed by atoms with Gasteiger partial charge in [-0.15, -0.1) is 11.3 Å². The lowest BCUT2D eigenvalue weighted by Gasteiger charge is -2.34. The molecule has 2 aromatic carbocycles. The molecule has 196 valence electrons. The summed E-state index contributed by atoms with van der Waals surface area (Å²) >= 11 is 1.44. The smallest absolute Gasteiger partial charge is 0.247 e. The summed E-state index contributed by atoms with van der Waals surface area (Å²) in [5.41, 5.74) is 2.13. The maximum Gasteiger partial charge on any atom is 0.247 e. The number of thiophene rings is 1. The second-order valence-electron chi connectivity index (χ2n) is 8.71. The van der Waals surface area contributed by atoms with Gasteiger partial charge in [-0.25, -0.2) is 9.37 Å². The molecule has 11 heteroatoms. The zero-order valence-corrected chi connectivity index (χ0v) is 21.8. The number of likely N-dealkylation sites (N-methyl/N-ethyl adjacent to an activating group) is 1. The molecule has 1 aliphatic rings. The SMILES string of the molecule is C=CC(=O)Nc1cccc(Oc2nc(Nc3ccc(N4CCN(C)CC4)c(F)c3OC)nc3ccsc23)c1. The molecule has 0 aliphatic carbocycles. The number of amides is 1. The van der Waals surface area contributed by atoms with Gasteiger partial charge in [0.1, 0.15) is 10.4 Å². The van der Waals surface area contributed by atoms with Crippen LogP contribution in [0.15, 0.2) is 60.5 Å². The third kappa shape index (κ3) is 5.38. The van der Waals surface area contributed by atoms with E-state index in [2.05, 4.69) is 39.1 Å². The highest BCUT2D eigenvalue weighted by atomic mass is 32.1. The van der Waals surface area contributed by atoms with Crippen LogP contribution in [0.5, 0.6) is 17.4 Å². The molecule has 0 unspecified atom stereocenters. The molecule has 38 heavy (non-hydrogen) atoms. The number of benzene rings is 2. The quantitative estimate of drug-likeness (QED) is 0.296. The number of methoxy groups -OCH3 is 1. The molecule has 1 aliphatic heterocycles. The molecular formula is C27H27FN6O3S. The summed E-state index contributed by atoms with van der Waals surface area (Å²) in [5.74, 6) is 0.361. The number of carbonyl (C=O) groups is 1. The minimum absolute atomic E-state index is 0.0866. The van der Waals surface area contributed by atoms with E-state index in [1.165, 1.54) is 24.5 Å². The summed E-state index contributed by atoms with van der Waals surface area (Å²) in [7, 11) is 3.49. The lowest BCUT2D eigenvalue weighted by Crippen LogP contribution is -2.44. The van der Waals surface area contributed by atoms with E-state index in [0.29, 0.717) is 34.2 Å². The number of hydrogen-bond donors (Lipinski definition) is 2. The van der Waals surface area contributed by atoms with Gasteiger partial charge in [-0.05, 0) is 48.8 Å². The van der Waals surface area contributed by atoms with Crippen LogP contribution in [0, 0.1) is 5.82 Å². The highest BCUT2D eigenvalue weighted by molar-refractivity contribution is 7.17. The number of carbonyl (C=O) groups excluding carboxylic acids is 1. The molecular weight excluding hydrogens is 507 g/mol. The Kier molecular flexibility index (Phi) is 7.38. The van der Waals surface area contributed by atoms with Crippen LogP contribution >= 0.6 is 11.3 Å². The Balaban J connectivity index is 1.43. The number of piperazine rings is 1. The predicted molar refractivity (Wildman–Crippen MR) is 149 cm³/mol. The molecule has 1 saturated heterocycles. The fraction of sp³-hybridized carbons (Fsp3) is 0.222. The van der Waals surface area contributed by atoms with Crippen LogP contribution in [0.2, 0.25) is 0 Å². The van der Waals surface area contributed by atoms with Gasteiger partial charge in [-0.2, -0.15) is 4.98 Å². The second kappa shape index (κ2) is 11.0. The summed E-state index contributed by atoms with van der Waals surface area (Å²) in [6, 6.07) is 12.3. The Morgan fingerprint density at radius 1 is 1.16 bits per heavy atom. The third-order valence-corrected chi connectivity index (χ3v) is 7.04. The molecule has 0 radical (unpaired) electrons. The van der Waals surface area contributed by atoms with Crippen molar-refractivity contribution < 1.29 is 18.7 Å². The first-order valence-corrected chi connectivity index (χ1v) is 12.9. The van der Waals surface area contributed by atoms with Crippen molar-refractivity contribution in [3.63, 3.8) is 0 Å². The summed E-state index contributed by atoms with van der Waals surface area (Å²) in [5, 5.41) is 7.70. The van der Waals surface area contributed by atoms with E-state index in [9.17, 15) is 4.79 Å². The molecule has 2 aromatic heterocycles. The van der Waals surface area contributed by atoms with E-state index >= 15 is 4.39 Å². The first-order chi connectivity index (χ1) is 18.4. The number of halogens is 1. The molecule has 0 saturated carbocycles. The Morgan fingerprint density at radius 2 is 1.97 bits per heavy atom. The second-order valence-corrected chi connectivity index (χ2v) is 9.62. The van der Waals surface area contributed by atoms with E-state index in [-0.39, 0.29) is 17.6 Å². The normalized spacial score (nSPS) is 13.8. The molecule has 1 fully saturated rings. The first kappa shape index (κ1) is 25.4.